The van der Waals surface area contributed by atoms with Crippen LogP contribution >= 0.6 is 0 Å². The molecule has 0 amide bonds. The van der Waals surface area contributed by atoms with Gasteiger partial charge >= 0.3 is 5.97 Å². The van der Waals surface area contributed by atoms with E-state index in [1.165, 1.54) is 0 Å². The Bertz CT molecular complexity index is 1520. The molecule has 3 aromatic heterocycles. The molecule has 8 heteroatoms. The van der Waals surface area contributed by atoms with Gasteiger partial charge in [0.05, 0.1) is 6.54 Å². The standard InChI is InChI=1S/C29H26N4O4/c1-3-20-14-23(16-33-17-24(29(34)35)26(32-33)21-10-6-4-7-11-21)27(30-15-20)36-18-25-19(2)37-28(31-25)22-12-8-5-9-13-22/h4-15,17H,3,16,18H2,1-2H3,(H,34,35). The lowest BCUT2D eigenvalue weighted by molar-refractivity contribution is 0.0697. The van der Waals surface area contributed by atoms with Crippen molar-refractivity contribution in [3.8, 4) is 28.6 Å². The molecule has 3 heterocycles. The highest BCUT2D eigenvalue weighted by molar-refractivity contribution is 5.94. The van der Waals surface area contributed by atoms with Crippen molar-refractivity contribution in [2.45, 2.75) is 33.4 Å². The van der Waals surface area contributed by atoms with Gasteiger partial charge in [-0.1, -0.05) is 55.5 Å². The highest BCUT2D eigenvalue weighted by Gasteiger charge is 2.19. The second-order valence-corrected chi connectivity index (χ2v) is 8.60. The maximum atomic E-state index is 11.9. The van der Waals surface area contributed by atoms with Crippen LogP contribution in [0.15, 0.2) is 83.5 Å². The highest BCUT2D eigenvalue weighted by atomic mass is 16.5. The molecule has 0 fully saturated rings. The van der Waals surface area contributed by atoms with Crippen LogP contribution in [0.3, 0.4) is 0 Å². The quantitative estimate of drug-likeness (QED) is 0.276. The Hall–Kier alpha value is -4.72. The van der Waals surface area contributed by atoms with Crippen LogP contribution < -0.4 is 4.74 Å². The molecule has 0 spiro atoms. The summed E-state index contributed by atoms with van der Waals surface area (Å²) < 4.78 is 13.6. The number of carboxylic acids is 1. The van der Waals surface area contributed by atoms with Crippen LogP contribution in [0.25, 0.3) is 22.7 Å². The number of aryl methyl sites for hydroxylation is 2. The number of oxazole rings is 1. The first-order valence-electron chi connectivity index (χ1n) is 12.0. The number of nitrogens with zero attached hydrogens (tertiary/aromatic N) is 4. The fraction of sp³-hybridized carbons (Fsp3) is 0.172. The van der Waals surface area contributed by atoms with E-state index >= 15 is 0 Å². The summed E-state index contributed by atoms with van der Waals surface area (Å²) in [6.45, 7) is 4.39. The number of carboxylic acid groups (broad SMARTS) is 1. The zero-order chi connectivity index (χ0) is 25.8. The molecule has 0 aliphatic heterocycles. The SMILES string of the molecule is CCc1cnc(OCc2nc(-c3ccccc3)oc2C)c(Cn2cc(C(=O)O)c(-c3ccccc3)n2)c1. The molecule has 0 saturated heterocycles. The third-order valence-corrected chi connectivity index (χ3v) is 6.02. The number of ether oxygens (including phenoxy) is 1. The van der Waals surface area contributed by atoms with Crippen molar-refractivity contribution in [1.29, 1.82) is 0 Å². The Morgan fingerprint density at radius 3 is 2.43 bits per heavy atom. The van der Waals surface area contributed by atoms with Gasteiger partial charge in [0, 0.05) is 29.1 Å². The molecular weight excluding hydrogens is 468 g/mol. The molecular formula is C29H26N4O4. The minimum Gasteiger partial charge on any atom is -0.478 e. The van der Waals surface area contributed by atoms with Gasteiger partial charge in [0.1, 0.15) is 29.3 Å². The molecule has 5 rings (SSSR count). The van der Waals surface area contributed by atoms with Gasteiger partial charge in [-0.25, -0.2) is 14.8 Å². The first kappa shape index (κ1) is 24.0. The van der Waals surface area contributed by atoms with Crippen LogP contribution in [0.4, 0.5) is 0 Å². The molecule has 5 aromatic rings. The fourth-order valence-corrected chi connectivity index (χ4v) is 4.03. The first-order chi connectivity index (χ1) is 18.0. The van der Waals surface area contributed by atoms with E-state index in [0.717, 1.165) is 28.7 Å². The van der Waals surface area contributed by atoms with E-state index in [4.69, 9.17) is 9.15 Å². The van der Waals surface area contributed by atoms with Gasteiger partial charge in [0.15, 0.2) is 0 Å². The summed E-state index contributed by atoms with van der Waals surface area (Å²) >= 11 is 0. The third kappa shape index (κ3) is 5.28. The zero-order valence-corrected chi connectivity index (χ0v) is 20.6. The van der Waals surface area contributed by atoms with Gasteiger partial charge in [-0.2, -0.15) is 5.10 Å². The Kier molecular flexibility index (Phi) is 6.81. The van der Waals surface area contributed by atoms with Crippen LogP contribution in [0.1, 0.15) is 39.9 Å². The topological polar surface area (TPSA) is 103 Å². The predicted octanol–water partition coefficient (Wildman–Crippen LogP) is 5.80. The molecule has 0 atom stereocenters. The van der Waals surface area contributed by atoms with Crippen LogP contribution in [0, 0.1) is 6.92 Å². The van der Waals surface area contributed by atoms with Gasteiger partial charge in [-0.3, -0.25) is 4.68 Å². The average molecular weight is 495 g/mol. The van der Waals surface area contributed by atoms with E-state index < -0.39 is 5.97 Å². The summed E-state index contributed by atoms with van der Waals surface area (Å²) in [5.74, 6) is 0.626. The molecule has 0 aliphatic carbocycles. The Morgan fingerprint density at radius 1 is 1.05 bits per heavy atom. The monoisotopic (exact) mass is 494 g/mol. The molecule has 0 unspecified atom stereocenters. The minimum absolute atomic E-state index is 0.139. The van der Waals surface area contributed by atoms with Gasteiger partial charge in [0.2, 0.25) is 11.8 Å². The second kappa shape index (κ2) is 10.5. The minimum atomic E-state index is -1.03. The van der Waals surface area contributed by atoms with Crippen molar-refractivity contribution in [3.05, 3.63) is 107 Å². The zero-order valence-electron chi connectivity index (χ0n) is 20.6. The highest BCUT2D eigenvalue weighted by Crippen LogP contribution is 2.26. The summed E-state index contributed by atoms with van der Waals surface area (Å²) in [7, 11) is 0. The van der Waals surface area contributed by atoms with Crippen molar-refractivity contribution >= 4 is 5.97 Å². The summed E-state index contributed by atoms with van der Waals surface area (Å²) in [5, 5.41) is 14.3. The van der Waals surface area contributed by atoms with Crippen LogP contribution in [-0.2, 0) is 19.6 Å². The number of pyridine rings is 1. The van der Waals surface area contributed by atoms with Gasteiger partial charge in [-0.15, -0.1) is 0 Å². The molecule has 8 nitrogen and oxygen atoms in total. The Labute approximate surface area is 214 Å². The molecule has 0 bridgehead atoms. The lowest BCUT2D eigenvalue weighted by Gasteiger charge is -2.11. The Balaban J connectivity index is 1.41. The largest absolute Gasteiger partial charge is 0.478 e. The number of aromatic nitrogens is 4. The lowest BCUT2D eigenvalue weighted by atomic mass is 10.1. The van der Waals surface area contributed by atoms with E-state index in [1.807, 2.05) is 73.7 Å². The molecule has 186 valence electrons. The molecule has 0 saturated carbocycles. The lowest BCUT2D eigenvalue weighted by Crippen LogP contribution is -2.07. The first-order valence-corrected chi connectivity index (χ1v) is 12.0. The van der Waals surface area contributed by atoms with E-state index in [1.54, 1.807) is 17.1 Å². The molecule has 1 N–H and O–H groups in total. The number of hydrogen-bond acceptors (Lipinski definition) is 6. The maximum Gasteiger partial charge on any atom is 0.339 e. The predicted molar refractivity (Wildman–Crippen MR) is 138 cm³/mol. The van der Waals surface area contributed by atoms with Gasteiger partial charge in [-0.05, 0) is 37.1 Å². The normalized spacial score (nSPS) is 11.0. The van der Waals surface area contributed by atoms with E-state index in [-0.39, 0.29) is 12.2 Å². The summed E-state index contributed by atoms with van der Waals surface area (Å²) in [5.41, 5.74) is 4.71. The summed E-state index contributed by atoms with van der Waals surface area (Å²) in [6, 6.07) is 21.0. The number of aromatic carboxylic acids is 1. The van der Waals surface area contributed by atoms with Crippen LogP contribution in [0.2, 0.25) is 0 Å². The molecule has 0 radical (unpaired) electrons. The smallest absolute Gasteiger partial charge is 0.339 e. The fourth-order valence-electron chi connectivity index (χ4n) is 4.03. The van der Waals surface area contributed by atoms with Crippen molar-refractivity contribution in [2.75, 3.05) is 0 Å². The number of carbonyl (C=O) groups is 1. The van der Waals surface area contributed by atoms with Crippen LogP contribution in [0.5, 0.6) is 5.88 Å². The summed E-state index contributed by atoms with van der Waals surface area (Å²) in [4.78, 5) is 21.1. The van der Waals surface area contributed by atoms with Gasteiger partial charge < -0.3 is 14.3 Å². The number of benzene rings is 2. The van der Waals surface area contributed by atoms with E-state index in [9.17, 15) is 9.90 Å². The summed E-state index contributed by atoms with van der Waals surface area (Å²) in [6.07, 6.45) is 4.13. The van der Waals surface area contributed by atoms with Crippen LogP contribution in [-0.4, -0.2) is 30.8 Å². The van der Waals surface area contributed by atoms with Crippen molar-refractivity contribution in [3.63, 3.8) is 0 Å². The molecule has 0 aliphatic rings. The Morgan fingerprint density at radius 2 is 1.76 bits per heavy atom. The second-order valence-electron chi connectivity index (χ2n) is 8.60. The van der Waals surface area contributed by atoms with Crippen molar-refractivity contribution in [2.24, 2.45) is 0 Å². The maximum absolute atomic E-state index is 11.9. The van der Waals surface area contributed by atoms with Crippen molar-refractivity contribution < 1.29 is 19.1 Å². The molecule has 2 aromatic carbocycles. The number of hydrogen-bond donors (Lipinski definition) is 1. The number of rotatable bonds is 9. The average Bonchev–Trinajstić information content (AvgIpc) is 3.52. The molecule has 37 heavy (non-hydrogen) atoms. The van der Waals surface area contributed by atoms with Gasteiger partial charge in [0.25, 0.3) is 0 Å². The third-order valence-electron chi connectivity index (χ3n) is 6.02. The van der Waals surface area contributed by atoms with E-state index in [2.05, 4.69) is 22.0 Å². The van der Waals surface area contributed by atoms with E-state index in [0.29, 0.717) is 35.5 Å². The van der Waals surface area contributed by atoms with Crippen molar-refractivity contribution in [1.82, 2.24) is 19.7 Å².